The van der Waals surface area contributed by atoms with E-state index in [0.29, 0.717) is 5.02 Å². The monoisotopic (exact) mass is 241 g/mol. The van der Waals surface area contributed by atoms with Gasteiger partial charge in [-0.25, -0.2) is 4.79 Å². The van der Waals surface area contributed by atoms with Gasteiger partial charge in [0.25, 0.3) is 0 Å². The number of halogens is 1. The third-order valence-corrected chi connectivity index (χ3v) is 3.21. The first-order valence-electron chi connectivity index (χ1n) is 4.98. The van der Waals surface area contributed by atoms with E-state index < -0.39 is 17.5 Å². The summed E-state index contributed by atoms with van der Waals surface area (Å²) in [7, 11) is 1.41. The SMILES string of the molecule is COC(C(=O)O)C1(c2ccc(Cl)cn2)CC1. The molecule has 0 spiro atoms. The van der Waals surface area contributed by atoms with Crippen molar-refractivity contribution in [2.75, 3.05) is 7.11 Å². The number of ether oxygens (including phenoxy) is 1. The maximum atomic E-state index is 11.1. The van der Waals surface area contributed by atoms with E-state index in [2.05, 4.69) is 4.98 Å². The highest BCUT2D eigenvalue weighted by molar-refractivity contribution is 6.30. The summed E-state index contributed by atoms with van der Waals surface area (Å²) < 4.78 is 5.05. The van der Waals surface area contributed by atoms with E-state index in [1.54, 1.807) is 12.1 Å². The van der Waals surface area contributed by atoms with Crippen LogP contribution >= 0.6 is 11.6 Å². The van der Waals surface area contributed by atoms with Crippen molar-refractivity contribution in [1.82, 2.24) is 4.98 Å². The predicted octanol–water partition coefficient (Wildman–Crippen LogP) is 1.87. The van der Waals surface area contributed by atoms with Gasteiger partial charge in [0.2, 0.25) is 0 Å². The largest absolute Gasteiger partial charge is 0.479 e. The van der Waals surface area contributed by atoms with Gasteiger partial charge < -0.3 is 9.84 Å². The van der Waals surface area contributed by atoms with Gasteiger partial charge in [-0.05, 0) is 25.0 Å². The first kappa shape index (κ1) is 11.4. The van der Waals surface area contributed by atoms with E-state index in [1.807, 2.05) is 0 Å². The lowest BCUT2D eigenvalue weighted by molar-refractivity contribution is -0.150. The summed E-state index contributed by atoms with van der Waals surface area (Å²) in [6.07, 6.45) is 2.27. The summed E-state index contributed by atoms with van der Waals surface area (Å²) >= 11 is 5.75. The van der Waals surface area contributed by atoms with Gasteiger partial charge in [-0.15, -0.1) is 0 Å². The molecule has 1 aromatic heterocycles. The quantitative estimate of drug-likeness (QED) is 0.874. The fourth-order valence-corrected chi connectivity index (χ4v) is 2.13. The zero-order valence-electron chi connectivity index (χ0n) is 8.81. The Labute approximate surface area is 98.2 Å². The van der Waals surface area contributed by atoms with Crippen molar-refractivity contribution in [1.29, 1.82) is 0 Å². The second kappa shape index (κ2) is 4.03. The van der Waals surface area contributed by atoms with Crippen molar-refractivity contribution < 1.29 is 14.6 Å². The number of methoxy groups -OCH3 is 1. The summed E-state index contributed by atoms with van der Waals surface area (Å²) in [5.74, 6) is -0.947. The smallest absolute Gasteiger partial charge is 0.333 e. The number of carboxylic acid groups (broad SMARTS) is 1. The molecule has 1 aliphatic carbocycles. The van der Waals surface area contributed by atoms with Crippen molar-refractivity contribution >= 4 is 17.6 Å². The molecular weight excluding hydrogens is 230 g/mol. The molecule has 0 aliphatic heterocycles. The molecule has 1 atom stereocenters. The van der Waals surface area contributed by atoms with Crippen LogP contribution in [0.5, 0.6) is 0 Å². The number of carbonyl (C=O) groups is 1. The van der Waals surface area contributed by atoms with Crippen LogP contribution in [0.3, 0.4) is 0 Å². The molecular formula is C11H12ClNO3. The number of aliphatic carboxylic acids is 1. The number of rotatable bonds is 4. The van der Waals surface area contributed by atoms with Gasteiger partial charge in [-0.3, -0.25) is 4.98 Å². The van der Waals surface area contributed by atoms with E-state index in [1.165, 1.54) is 13.3 Å². The Balaban J connectivity index is 2.31. The Bertz CT molecular complexity index is 400. The molecule has 1 saturated carbocycles. The lowest BCUT2D eigenvalue weighted by Crippen LogP contribution is -2.36. The molecule has 0 saturated heterocycles. The second-order valence-electron chi connectivity index (χ2n) is 3.97. The van der Waals surface area contributed by atoms with Gasteiger partial charge in [-0.2, -0.15) is 0 Å². The summed E-state index contributed by atoms with van der Waals surface area (Å²) in [6.45, 7) is 0. The number of nitrogens with zero attached hydrogens (tertiary/aromatic N) is 1. The van der Waals surface area contributed by atoms with Crippen LogP contribution in [0.25, 0.3) is 0 Å². The number of pyridine rings is 1. The standard InChI is InChI=1S/C11H12ClNO3/c1-16-9(10(14)15)11(4-5-11)8-3-2-7(12)6-13-8/h2-3,6,9H,4-5H2,1H3,(H,14,15). The zero-order valence-corrected chi connectivity index (χ0v) is 9.57. The highest BCUT2D eigenvalue weighted by Gasteiger charge is 2.55. The molecule has 1 aliphatic rings. The first-order valence-corrected chi connectivity index (χ1v) is 5.35. The lowest BCUT2D eigenvalue weighted by Gasteiger charge is -2.21. The minimum atomic E-state index is -0.947. The Kier molecular flexibility index (Phi) is 2.86. The van der Waals surface area contributed by atoms with Gasteiger partial charge in [0.05, 0.1) is 5.02 Å². The molecule has 1 aromatic rings. The summed E-state index contributed by atoms with van der Waals surface area (Å²) in [5.41, 5.74) is 0.275. The van der Waals surface area contributed by atoms with Crippen LogP contribution in [0, 0.1) is 0 Å². The number of carboxylic acids is 1. The van der Waals surface area contributed by atoms with Crippen LogP contribution in [0.2, 0.25) is 5.02 Å². The Morgan fingerprint density at radius 3 is 2.69 bits per heavy atom. The Morgan fingerprint density at radius 2 is 2.31 bits per heavy atom. The Hall–Kier alpha value is -1.13. The van der Waals surface area contributed by atoms with Crippen LogP contribution in [-0.4, -0.2) is 29.3 Å². The van der Waals surface area contributed by atoms with Crippen LogP contribution in [0.15, 0.2) is 18.3 Å². The van der Waals surface area contributed by atoms with E-state index in [4.69, 9.17) is 21.4 Å². The topological polar surface area (TPSA) is 59.4 Å². The van der Waals surface area contributed by atoms with E-state index >= 15 is 0 Å². The molecule has 1 N–H and O–H groups in total. The van der Waals surface area contributed by atoms with Crippen molar-refractivity contribution in [3.63, 3.8) is 0 Å². The van der Waals surface area contributed by atoms with Gasteiger partial charge in [0.15, 0.2) is 6.10 Å². The second-order valence-corrected chi connectivity index (χ2v) is 4.41. The van der Waals surface area contributed by atoms with E-state index in [0.717, 1.165) is 18.5 Å². The van der Waals surface area contributed by atoms with Crippen molar-refractivity contribution in [2.24, 2.45) is 0 Å². The molecule has 4 nitrogen and oxygen atoms in total. The van der Waals surface area contributed by atoms with Gasteiger partial charge >= 0.3 is 5.97 Å². The van der Waals surface area contributed by atoms with E-state index in [-0.39, 0.29) is 0 Å². The summed E-state index contributed by atoms with van der Waals surface area (Å²) in [4.78, 5) is 15.3. The van der Waals surface area contributed by atoms with Crippen molar-refractivity contribution in [3.05, 3.63) is 29.0 Å². The molecule has 0 radical (unpaired) electrons. The van der Waals surface area contributed by atoms with Crippen LogP contribution < -0.4 is 0 Å². The molecule has 0 aromatic carbocycles. The lowest BCUT2D eigenvalue weighted by atomic mass is 9.94. The molecule has 2 rings (SSSR count). The van der Waals surface area contributed by atoms with Gasteiger partial charge in [0.1, 0.15) is 0 Å². The van der Waals surface area contributed by atoms with Crippen LogP contribution in [0.1, 0.15) is 18.5 Å². The summed E-state index contributed by atoms with van der Waals surface area (Å²) in [5, 5.41) is 9.63. The molecule has 0 bridgehead atoms. The Morgan fingerprint density at radius 1 is 1.62 bits per heavy atom. The molecule has 86 valence electrons. The van der Waals surface area contributed by atoms with Gasteiger partial charge in [-0.1, -0.05) is 11.6 Å². The number of hydrogen-bond donors (Lipinski definition) is 1. The van der Waals surface area contributed by atoms with E-state index in [9.17, 15) is 4.79 Å². The average molecular weight is 242 g/mol. The maximum Gasteiger partial charge on any atom is 0.333 e. The first-order chi connectivity index (χ1) is 7.60. The third kappa shape index (κ3) is 1.79. The van der Waals surface area contributed by atoms with Crippen LogP contribution in [-0.2, 0) is 14.9 Å². The fraction of sp³-hybridized carbons (Fsp3) is 0.455. The van der Waals surface area contributed by atoms with Gasteiger partial charge in [0, 0.05) is 24.4 Å². The molecule has 16 heavy (non-hydrogen) atoms. The van der Waals surface area contributed by atoms with Crippen molar-refractivity contribution in [3.8, 4) is 0 Å². The van der Waals surface area contributed by atoms with Crippen LogP contribution in [0.4, 0.5) is 0 Å². The molecule has 0 amide bonds. The highest BCUT2D eigenvalue weighted by Crippen LogP contribution is 2.51. The average Bonchev–Trinajstić information content (AvgIpc) is 3.01. The number of hydrogen-bond acceptors (Lipinski definition) is 3. The maximum absolute atomic E-state index is 11.1. The molecule has 1 fully saturated rings. The van der Waals surface area contributed by atoms with Crippen molar-refractivity contribution in [2.45, 2.75) is 24.4 Å². The molecule has 1 heterocycles. The predicted molar refractivity (Wildman–Crippen MR) is 58.6 cm³/mol. The fourth-order valence-electron chi connectivity index (χ4n) is 2.02. The molecule has 5 heteroatoms. The minimum absolute atomic E-state index is 0.467. The minimum Gasteiger partial charge on any atom is -0.479 e. The zero-order chi connectivity index (χ0) is 11.8. The molecule has 1 unspecified atom stereocenters. The number of aromatic nitrogens is 1. The summed E-state index contributed by atoms with van der Waals surface area (Å²) in [6, 6.07) is 3.49. The highest BCUT2D eigenvalue weighted by atomic mass is 35.5. The normalized spacial score (nSPS) is 19.1. The third-order valence-electron chi connectivity index (χ3n) is 2.99.